The van der Waals surface area contributed by atoms with Crippen LogP contribution < -0.4 is 10.1 Å². The summed E-state index contributed by atoms with van der Waals surface area (Å²) in [5.74, 6) is 1.50. The van der Waals surface area contributed by atoms with E-state index in [0.29, 0.717) is 11.3 Å². The van der Waals surface area contributed by atoms with Crippen LogP contribution in [0.25, 0.3) is 6.08 Å². The predicted octanol–water partition coefficient (Wildman–Crippen LogP) is 3.57. The van der Waals surface area contributed by atoms with Crippen molar-refractivity contribution in [3.8, 4) is 18.1 Å². The van der Waals surface area contributed by atoms with E-state index in [-0.39, 0.29) is 24.3 Å². The van der Waals surface area contributed by atoms with Crippen molar-refractivity contribution in [3.05, 3.63) is 65.2 Å². The Balaban J connectivity index is 2.20. The first-order valence-electron chi connectivity index (χ1n) is 10.6. The summed E-state index contributed by atoms with van der Waals surface area (Å²) in [7, 11) is 1.54. The van der Waals surface area contributed by atoms with Crippen molar-refractivity contribution in [2.45, 2.75) is 39.3 Å². The molecule has 0 fully saturated rings. The molecule has 1 unspecified atom stereocenters. The molecule has 0 aliphatic carbocycles. The Kier molecular flexibility index (Phi) is 9.39. The lowest BCUT2D eigenvalue weighted by molar-refractivity contribution is -0.238. The number of nitrogens with zero attached hydrogens (tertiary/aromatic N) is 1. The molecule has 8 nitrogen and oxygen atoms in total. The molecule has 0 saturated carbocycles. The maximum Gasteiger partial charge on any atom is 0.337 e. The van der Waals surface area contributed by atoms with Gasteiger partial charge >= 0.3 is 5.97 Å². The first kappa shape index (κ1) is 26.6. The number of ether oxygens (including phenoxy) is 2. The first-order valence-corrected chi connectivity index (χ1v) is 10.6. The van der Waals surface area contributed by atoms with Crippen molar-refractivity contribution in [3.63, 3.8) is 0 Å². The van der Waals surface area contributed by atoms with Gasteiger partial charge in [0, 0.05) is 18.2 Å². The molecule has 34 heavy (non-hydrogen) atoms. The minimum absolute atomic E-state index is 0.000576. The molecule has 0 aliphatic rings. The van der Waals surface area contributed by atoms with Crippen molar-refractivity contribution >= 4 is 23.6 Å². The normalized spacial score (nSPS) is 12.4. The lowest BCUT2D eigenvalue weighted by atomic mass is 10.1. The zero-order chi connectivity index (χ0) is 25.3. The molecule has 2 aromatic carbocycles. The topological polar surface area (TPSA) is 108 Å². The molecular formula is C26H30N2O6. The standard InChI is InChI=1S/C26H30N2O6/c1-6-15-28(25(32)34-26(2,3)4)17-19-16-18(11-13-22(19)33-5)12-14-23(29)27-21-10-8-7-9-20(21)24(30)31/h1,7-14,16,25,32H,15,17H2,2-5H3,(H,27,29)(H,30,31)/b14-12+. The number of aliphatic hydroxyl groups is 1. The van der Waals surface area contributed by atoms with Crippen LogP contribution in [0.1, 0.15) is 42.3 Å². The summed E-state index contributed by atoms with van der Waals surface area (Å²) in [5.41, 5.74) is 1.06. The molecule has 2 aromatic rings. The van der Waals surface area contributed by atoms with E-state index < -0.39 is 23.9 Å². The lowest BCUT2D eigenvalue weighted by Gasteiger charge is -2.31. The summed E-state index contributed by atoms with van der Waals surface area (Å²) in [5, 5.41) is 22.3. The van der Waals surface area contributed by atoms with E-state index in [1.165, 1.54) is 25.3 Å². The summed E-state index contributed by atoms with van der Waals surface area (Å²) < 4.78 is 11.1. The van der Waals surface area contributed by atoms with Crippen LogP contribution in [-0.2, 0) is 16.1 Å². The van der Waals surface area contributed by atoms with Crippen LogP contribution in [0.4, 0.5) is 5.69 Å². The summed E-state index contributed by atoms with van der Waals surface area (Å²) in [6, 6.07) is 11.5. The number of aromatic carboxylic acids is 1. The second-order valence-electron chi connectivity index (χ2n) is 8.41. The van der Waals surface area contributed by atoms with E-state index in [1.807, 2.05) is 20.8 Å². The largest absolute Gasteiger partial charge is 0.496 e. The van der Waals surface area contributed by atoms with Crippen LogP contribution in [0.2, 0.25) is 0 Å². The molecule has 0 saturated heterocycles. The van der Waals surface area contributed by atoms with Crippen LogP contribution in [0.5, 0.6) is 5.75 Å². The molecule has 3 N–H and O–H groups in total. The molecule has 1 atom stereocenters. The second kappa shape index (κ2) is 12.0. The Hall–Kier alpha value is -3.64. The monoisotopic (exact) mass is 466 g/mol. The molecular weight excluding hydrogens is 436 g/mol. The van der Waals surface area contributed by atoms with Crippen molar-refractivity contribution < 1.29 is 29.3 Å². The number of hydrogen-bond acceptors (Lipinski definition) is 6. The first-order chi connectivity index (χ1) is 16.0. The van der Waals surface area contributed by atoms with Crippen molar-refractivity contribution in [1.82, 2.24) is 4.90 Å². The molecule has 2 rings (SSSR count). The van der Waals surface area contributed by atoms with Gasteiger partial charge in [-0.1, -0.05) is 24.1 Å². The molecule has 180 valence electrons. The number of amides is 1. The third-order valence-corrected chi connectivity index (χ3v) is 4.59. The quantitative estimate of drug-likeness (QED) is 0.279. The summed E-state index contributed by atoms with van der Waals surface area (Å²) in [6.07, 6.45) is 7.15. The van der Waals surface area contributed by atoms with E-state index in [4.69, 9.17) is 15.9 Å². The maximum atomic E-state index is 12.4. The van der Waals surface area contributed by atoms with Crippen LogP contribution in [0.15, 0.2) is 48.5 Å². The fourth-order valence-corrected chi connectivity index (χ4v) is 3.09. The number of carboxylic acid groups (broad SMARTS) is 1. The number of hydrogen-bond donors (Lipinski definition) is 3. The van der Waals surface area contributed by atoms with Gasteiger partial charge in [-0.15, -0.1) is 6.42 Å². The van der Waals surface area contributed by atoms with Crippen LogP contribution >= 0.6 is 0 Å². The minimum atomic E-state index is -1.22. The Morgan fingerprint density at radius 1 is 1.24 bits per heavy atom. The van der Waals surface area contributed by atoms with Crippen LogP contribution in [0, 0.1) is 12.3 Å². The average Bonchev–Trinajstić information content (AvgIpc) is 2.76. The number of anilines is 1. The van der Waals surface area contributed by atoms with Gasteiger partial charge in [0.2, 0.25) is 12.3 Å². The van der Waals surface area contributed by atoms with Gasteiger partial charge < -0.3 is 25.0 Å². The Morgan fingerprint density at radius 2 is 1.94 bits per heavy atom. The molecule has 0 aromatic heterocycles. The highest BCUT2D eigenvalue weighted by atomic mass is 16.6. The molecule has 8 heteroatoms. The zero-order valence-corrected chi connectivity index (χ0v) is 19.7. The number of rotatable bonds is 10. The smallest absolute Gasteiger partial charge is 0.337 e. The van der Waals surface area contributed by atoms with E-state index in [2.05, 4.69) is 11.2 Å². The fraction of sp³-hybridized carbons (Fsp3) is 0.308. The second-order valence-corrected chi connectivity index (χ2v) is 8.41. The van der Waals surface area contributed by atoms with Gasteiger partial charge in [-0.3, -0.25) is 4.79 Å². The van der Waals surface area contributed by atoms with Gasteiger partial charge in [-0.05, 0) is 56.7 Å². The number of para-hydroxylation sites is 1. The third-order valence-electron chi connectivity index (χ3n) is 4.59. The van der Waals surface area contributed by atoms with E-state index >= 15 is 0 Å². The summed E-state index contributed by atoms with van der Waals surface area (Å²) >= 11 is 0. The molecule has 0 bridgehead atoms. The third kappa shape index (κ3) is 8.05. The highest BCUT2D eigenvalue weighted by Gasteiger charge is 2.23. The van der Waals surface area contributed by atoms with Gasteiger partial charge in [-0.25, -0.2) is 9.69 Å². The number of benzene rings is 2. The Bertz CT molecular complexity index is 1080. The van der Waals surface area contributed by atoms with Gasteiger partial charge in [0.05, 0.1) is 30.5 Å². The summed E-state index contributed by atoms with van der Waals surface area (Å²) in [4.78, 5) is 25.2. The number of carbonyl (C=O) groups is 2. The summed E-state index contributed by atoms with van der Waals surface area (Å²) in [6.45, 7) is 5.87. The number of nitrogens with one attached hydrogen (secondary N) is 1. The van der Waals surface area contributed by atoms with E-state index in [1.54, 1.807) is 41.3 Å². The van der Waals surface area contributed by atoms with Crippen molar-refractivity contribution in [2.75, 3.05) is 19.0 Å². The highest BCUT2D eigenvalue weighted by Crippen LogP contribution is 2.24. The average molecular weight is 467 g/mol. The van der Waals surface area contributed by atoms with Crippen LogP contribution in [0.3, 0.4) is 0 Å². The maximum absolute atomic E-state index is 12.4. The molecule has 0 heterocycles. The van der Waals surface area contributed by atoms with Gasteiger partial charge in [0.15, 0.2) is 0 Å². The zero-order valence-electron chi connectivity index (χ0n) is 19.7. The van der Waals surface area contributed by atoms with Crippen molar-refractivity contribution in [1.29, 1.82) is 0 Å². The van der Waals surface area contributed by atoms with Gasteiger partial charge in [0.25, 0.3) is 0 Å². The van der Waals surface area contributed by atoms with Gasteiger partial charge in [-0.2, -0.15) is 0 Å². The minimum Gasteiger partial charge on any atom is -0.496 e. The number of carbonyl (C=O) groups excluding carboxylic acids is 1. The van der Waals surface area contributed by atoms with E-state index in [9.17, 15) is 19.8 Å². The van der Waals surface area contributed by atoms with Gasteiger partial charge in [0.1, 0.15) is 5.75 Å². The predicted molar refractivity (Wildman–Crippen MR) is 130 cm³/mol. The Labute approximate surface area is 199 Å². The number of carboxylic acids is 1. The Morgan fingerprint density at radius 3 is 2.56 bits per heavy atom. The molecule has 1 amide bonds. The SMILES string of the molecule is C#CCN(Cc1cc(/C=C/C(=O)Nc2ccccc2C(=O)O)ccc1OC)C(O)OC(C)(C)C. The van der Waals surface area contributed by atoms with Crippen molar-refractivity contribution in [2.24, 2.45) is 0 Å². The van der Waals surface area contributed by atoms with Crippen LogP contribution in [-0.4, -0.2) is 52.7 Å². The van der Waals surface area contributed by atoms with E-state index in [0.717, 1.165) is 5.56 Å². The molecule has 0 aliphatic heterocycles. The molecule has 0 spiro atoms. The number of terminal acetylenes is 1. The number of aliphatic hydroxyl groups excluding tert-OH is 1. The molecule has 0 radical (unpaired) electrons. The number of methoxy groups -OCH3 is 1. The fourth-order valence-electron chi connectivity index (χ4n) is 3.09. The lowest BCUT2D eigenvalue weighted by Crippen LogP contribution is -2.41. The highest BCUT2D eigenvalue weighted by molar-refractivity contribution is 6.06.